The molecule has 3 rings (SSSR count). The lowest BCUT2D eigenvalue weighted by Gasteiger charge is -2.42. The Bertz CT molecular complexity index is 913. The molecule has 0 spiro atoms. The molecule has 2 amide bonds. The number of nitrogens with zero attached hydrogens (tertiary/aromatic N) is 2. The van der Waals surface area contributed by atoms with E-state index in [4.69, 9.17) is 16.3 Å². The number of benzene rings is 2. The molecule has 6 heteroatoms. The Kier molecular flexibility index (Phi) is 5.94. The summed E-state index contributed by atoms with van der Waals surface area (Å²) in [5, 5.41) is 0.416. The number of hydrogen-bond donors (Lipinski definition) is 0. The lowest BCUT2D eigenvalue weighted by Crippen LogP contribution is -2.53. The monoisotopic (exact) mass is 400 g/mol. The van der Waals surface area contributed by atoms with Gasteiger partial charge in [-0.05, 0) is 62.6 Å². The zero-order chi connectivity index (χ0) is 20.4. The van der Waals surface area contributed by atoms with Crippen molar-refractivity contribution in [2.45, 2.75) is 40.2 Å². The van der Waals surface area contributed by atoms with Crippen LogP contribution in [0.5, 0.6) is 0 Å². The van der Waals surface area contributed by atoms with Gasteiger partial charge in [-0.25, -0.2) is 4.79 Å². The van der Waals surface area contributed by atoms with Crippen molar-refractivity contribution in [3.63, 3.8) is 0 Å². The minimum absolute atomic E-state index is 0.169. The van der Waals surface area contributed by atoms with Crippen molar-refractivity contribution in [2.75, 3.05) is 23.0 Å². The van der Waals surface area contributed by atoms with Crippen molar-refractivity contribution in [3.8, 4) is 0 Å². The van der Waals surface area contributed by atoms with Crippen LogP contribution in [0.4, 0.5) is 16.2 Å². The molecule has 2 aromatic carbocycles. The summed E-state index contributed by atoms with van der Waals surface area (Å²) >= 11 is 6.28. The first-order valence-corrected chi connectivity index (χ1v) is 9.90. The Hall–Kier alpha value is -2.53. The molecule has 0 N–H and O–H groups in total. The van der Waals surface area contributed by atoms with Gasteiger partial charge in [-0.2, -0.15) is 0 Å². The van der Waals surface area contributed by atoms with Gasteiger partial charge in [0.25, 0.3) is 5.91 Å². The van der Waals surface area contributed by atoms with Crippen LogP contribution in [0.2, 0.25) is 5.02 Å². The topological polar surface area (TPSA) is 49.9 Å². The average molecular weight is 401 g/mol. The molecule has 1 unspecified atom stereocenters. The summed E-state index contributed by atoms with van der Waals surface area (Å²) in [5.74, 6) is -0.169. The summed E-state index contributed by atoms with van der Waals surface area (Å²) in [6.07, 6.45) is 0.306. The van der Waals surface area contributed by atoms with E-state index in [2.05, 4.69) is 0 Å². The number of rotatable bonds is 3. The number of anilines is 2. The first kappa shape index (κ1) is 20.2. The number of fused-ring (bicyclic) bond motifs is 1. The molecule has 0 saturated heterocycles. The van der Waals surface area contributed by atoms with Crippen molar-refractivity contribution < 1.29 is 14.3 Å². The second kappa shape index (κ2) is 8.23. The van der Waals surface area contributed by atoms with Crippen molar-refractivity contribution in [2.24, 2.45) is 0 Å². The van der Waals surface area contributed by atoms with Gasteiger partial charge in [0.15, 0.2) is 0 Å². The summed E-state index contributed by atoms with van der Waals surface area (Å²) in [6, 6.07) is 10.8. The summed E-state index contributed by atoms with van der Waals surface area (Å²) in [7, 11) is 0. The zero-order valence-electron chi connectivity index (χ0n) is 16.7. The Morgan fingerprint density at radius 3 is 2.36 bits per heavy atom. The Morgan fingerprint density at radius 1 is 1.11 bits per heavy atom. The molecule has 1 aliphatic rings. The highest BCUT2D eigenvalue weighted by atomic mass is 35.5. The van der Waals surface area contributed by atoms with E-state index in [-0.39, 0.29) is 18.0 Å². The molecule has 2 aromatic rings. The molecular formula is C22H25ClN2O3. The smallest absolute Gasteiger partial charge is 0.414 e. The van der Waals surface area contributed by atoms with Gasteiger partial charge in [0.1, 0.15) is 0 Å². The van der Waals surface area contributed by atoms with E-state index in [0.717, 1.165) is 11.1 Å². The van der Waals surface area contributed by atoms with Gasteiger partial charge in [-0.15, -0.1) is 0 Å². The molecule has 0 fully saturated rings. The first-order chi connectivity index (χ1) is 13.4. The summed E-state index contributed by atoms with van der Waals surface area (Å²) in [5.41, 5.74) is 3.95. The van der Waals surface area contributed by atoms with Crippen LogP contribution in [0.15, 0.2) is 36.4 Å². The van der Waals surface area contributed by atoms with Gasteiger partial charge in [0.2, 0.25) is 0 Å². The van der Waals surface area contributed by atoms with Crippen LogP contribution in [-0.4, -0.2) is 31.2 Å². The maximum absolute atomic E-state index is 13.4. The number of aryl methyl sites for hydroxylation is 2. The Labute approximate surface area is 170 Å². The largest absolute Gasteiger partial charge is 0.449 e. The van der Waals surface area contributed by atoms with E-state index in [9.17, 15) is 9.59 Å². The fraction of sp³-hybridized carbons (Fsp3) is 0.364. The number of carbonyl (C=O) groups is 2. The van der Waals surface area contributed by atoms with Crippen LogP contribution >= 0.6 is 11.6 Å². The molecular weight excluding hydrogens is 376 g/mol. The standard InChI is InChI=1S/C22H25ClN2O3/c1-5-16-13-24(21(26)17-9-7-8-10-18(17)23)19-11-14(3)15(4)12-20(19)25(16)22(27)28-6-2/h7-12,16H,5-6,13H2,1-4H3. The first-order valence-electron chi connectivity index (χ1n) is 9.52. The molecule has 0 saturated carbocycles. The molecule has 0 aliphatic carbocycles. The maximum Gasteiger partial charge on any atom is 0.414 e. The Morgan fingerprint density at radius 2 is 1.75 bits per heavy atom. The second-order valence-corrected chi connectivity index (χ2v) is 7.36. The van der Waals surface area contributed by atoms with Gasteiger partial charge >= 0.3 is 6.09 Å². The summed E-state index contributed by atoms with van der Waals surface area (Å²) < 4.78 is 5.30. The lowest BCUT2D eigenvalue weighted by molar-refractivity contribution is 0.0981. The van der Waals surface area contributed by atoms with Crippen LogP contribution in [0.25, 0.3) is 0 Å². The quantitative estimate of drug-likeness (QED) is 0.696. The van der Waals surface area contributed by atoms with Gasteiger partial charge in [-0.3, -0.25) is 9.69 Å². The van der Waals surface area contributed by atoms with Crippen molar-refractivity contribution in [1.29, 1.82) is 0 Å². The van der Waals surface area contributed by atoms with Crippen LogP contribution < -0.4 is 9.80 Å². The minimum atomic E-state index is -0.385. The SMILES string of the molecule is CCOC(=O)N1c2cc(C)c(C)cc2N(C(=O)c2ccccc2Cl)CC1CC. The molecule has 5 nitrogen and oxygen atoms in total. The van der Waals surface area contributed by atoms with E-state index in [0.29, 0.717) is 41.5 Å². The third-order valence-corrected chi connectivity index (χ3v) is 5.51. The molecule has 1 aliphatic heterocycles. The molecule has 1 atom stereocenters. The number of ether oxygens (including phenoxy) is 1. The van der Waals surface area contributed by atoms with Crippen LogP contribution in [0, 0.1) is 13.8 Å². The lowest BCUT2D eigenvalue weighted by atomic mass is 9.99. The molecule has 1 heterocycles. The highest BCUT2D eigenvalue weighted by molar-refractivity contribution is 6.34. The van der Waals surface area contributed by atoms with Gasteiger partial charge in [-0.1, -0.05) is 30.7 Å². The van der Waals surface area contributed by atoms with Crippen LogP contribution in [-0.2, 0) is 4.74 Å². The van der Waals surface area contributed by atoms with E-state index in [1.165, 1.54) is 0 Å². The predicted octanol–water partition coefficient (Wildman–Crippen LogP) is 5.36. The number of halogens is 1. The molecule has 0 aromatic heterocycles. The van der Waals surface area contributed by atoms with Gasteiger partial charge < -0.3 is 9.64 Å². The number of carbonyl (C=O) groups excluding carboxylic acids is 2. The molecule has 0 radical (unpaired) electrons. The fourth-order valence-electron chi connectivity index (χ4n) is 3.51. The summed E-state index contributed by atoms with van der Waals surface area (Å²) in [6.45, 7) is 8.46. The van der Waals surface area contributed by atoms with Crippen molar-refractivity contribution in [1.82, 2.24) is 0 Å². The third kappa shape index (κ3) is 3.59. The highest BCUT2D eigenvalue weighted by Crippen LogP contribution is 2.40. The summed E-state index contributed by atoms with van der Waals surface area (Å²) in [4.78, 5) is 29.5. The highest BCUT2D eigenvalue weighted by Gasteiger charge is 2.38. The molecule has 28 heavy (non-hydrogen) atoms. The number of amides is 2. The van der Waals surface area contributed by atoms with Crippen molar-refractivity contribution >= 4 is 35.0 Å². The minimum Gasteiger partial charge on any atom is -0.449 e. The molecule has 0 bridgehead atoms. The maximum atomic E-state index is 13.4. The normalized spacial score (nSPS) is 16.0. The van der Waals surface area contributed by atoms with Crippen molar-refractivity contribution in [3.05, 3.63) is 58.1 Å². The van der Waals surface area contributed by atoms with E-state index < -0.39 is 0 Å². The van der Waals surface area contributed by atoms with Crippen LogP contribution in [0.3, 0.4) is 0 Å². The van der Waals surface area contributed by atoms with Gasteiger partial charge in [0.05, 0.1) is 34.6 Å². The predicted molar refractivity (Wildman–Crippen MR) is 113 cm³/mol. The van der Waals surface area contributed by atoms with E-state index in [1.54, 1.807) is 41.0 Å². The van der Waals surface area contributed by atoms with E-state index >= 15 is 0 Å². The van der Waals surface area contributed by atoms with Gasteiger partial charge in [0, 0.05) is 6.54 Å². The average Bonchev–Trinajstić information content (AvgIpc) is 2.67. The second-order valence-electron chi connectivity index (χ2n) is 6.95. The Balaban J connectivity index is 2.14. The van der Waals surface area contributed by atoms with Crippen LogP contribution in [0.1, 0.15) is 41.8 Å². The third-order valence-electron chi connectivity index (χ3n) is 5.18. The zero-order valence-corrected chi connectivity index (χ0v) is 17.4. The number of hydrogen-bond acceptors (Lipinski definition) is 3. The molecule has 148 valence electrons. The van der Waals surface area contributed by atoms with E-state index in [1.807, 2.05) is 32.9 Å². The fourth-order valence-corrected chi connectivity index (χ4v) is 3.72.